The standard InChI is InChI=1S/C6H14N2O2.4C5H11NO2/c7-4-2-1-3-5(8)6(9)10;4*1-3(2)4(6)5(7)8/h5H,1-4,7-8H2,(H,9,10);4*3-4H,6H2,1-2H3,(H,7,8). The van der Waals surface area contributed by atoms with Crippen LogP contribution in [-0.2, 0) is 24.0 Å². The summed E-state index contributed by atoms with van der Waals surface area (Å²) in [5.41, 5.74) is 31.1. The molecule has 0 spiro atoms. The van der Waals surface area contributed by atoms with Crippen molar-refractivity contribution in [3.8, 4) is 0 Å². The highest BCUT2D eigenvalue weighted by molar-refractivity contribution is 5.74. The lowest BCUT2D eigenvalue weighted by molar-refractivity contribution is -0.140. The number of carboxylic acids is 5. The lowest BCUT2D eigenvalue weighted by Gasteiger charge is -2.07. The fourth-order valence-electron chi connectivity index (χ4n) is 1.77. The molecule has 0 saturated carbocycles. The van der Waals surface area contributed by atoms with E-state index in [0.717, 1.165) is 12.8 Å². The Hall–Kier alpha value is -2.89. The summed E-state index contributed by atoms with van der Waals surface area (Å²) in [6, 6.07) is -3.57. The highest BCUT2D eigenvalue weighted by atomic mass is 16.4. The van der Waals surface area contributed by atoms with Crippen LogP contribution in [0.5, 0.6) is 0 Å². The van der Waals surface area contributed by atoms with Crippen molar-refractivity contribution >= 4 is 29.8 Å². The molecule has 0 aromatic heterocycles. The number of nitrogens with two attached hydrogens (primary N) is 6. The minimum absolute atomic E-state index is 0.0208. The zero-order valence-corrected chi connectivity index (χ0v) is 26.3. The predicted octanol–water partition coefficient (Wildman–Crippen LogP) is -0.255. The van der Waals surface area contributed by atoms with Crippen LogP contribution in [-0.4, -0.2) is 92.1 Å². The topological polar surface area (TPSA) is 343 Å². The van der Waals surface area contributed by atoms with E-state index in [9.17, 15) is 24.0 Å². The number of rotatable bonds is 13. The van der Waals surface area contributed by atoms with E-state index in [1.54, 1.807) is 55.4 Å². The number of aliphatic carboxylic acids is 5. The second kappa shape index (κ2) is 28.2. The molecular formula is C26H58N6O10. The van der Waals surface area contributed by atoms with Crippen LogP contribution in [0.2, 0.25) is 0 Å². The summed E-state index contributed by atoms with van der Waals surface area (Å²) in [6.07, 6.45) is 2.16. The summed E-state index contributed by atoms with van der Waals surface area (Å²) < 4.78 is 0. The second-order valence-electron chi connectivity index (χ2n) is 10.7. The van der Waals surface area contributed by atoms with Gasteiger partial charge in [-0.3, -0.25) is 24.0 Å². The predicted molar refractivity (Wildman–Crippen MR) is 160 cm³/mol. The van der Waals surface area contributed by atoms with Crippen LogP contribution in [0.25, 0.3) is 0 Å². The highest BCUT2D eigenvalue weighted by Gasteiger charge is 2.16. The van der Waals surface area contributed by atoms with Gasteiger partial charge < -0.3 is 59.9 Å². The van der Waals surface area contributed by atoms with Crippen molar-refractivity contribution < 1.29 is 49.5 Å². The Morgan fingerprint density at radius 3 is 0.762 bits per heavy atom. The van der Waals surface area contributed by atoms with Gasteiger partial charge in [0.05, 0.1) is 0 Å². The number of carboxylic acid groups (broad SMARTS) is 5. The summed E-state index contributed by atoms with van der Waals surface area (Å²) in [4.78, 5) is 50.2. The molecule has 0 aromatic rings. The van der Waals surface area contributed by atoms with E-state index < -0.39 is 60.1 Å². The van der Waals surface area contributed by atoms with Gasteiger partial charge in [-0.2, -0.15) is 0 Å². The van der Waals surface area contributed by atoms with Gasteiger partial charge in [-0.05, 0) is 43.1 Å². The van der Waals surface area contributed by atoms with Crippen molar-refractivity contribution in [3.05, 3.63) is 0 Å². The normalized spacial score (nSPS) is 13.8. The second-order valence-corrected chi connectivity index (χ2v) is 10.7. The quantitative estimate of drug-likeness (QED) is 0.119. The van der Waals surface area contributed by atoms with Crippen molar-refractivity contribution in [2.45, 2.75) is 105 Å². The molecule has 0 aliphatic carbocycles. The van der Waals surface area contributed by atoms with Gasteiger partial charge in [-0.15, -0.1) is 0 Å². The lowest BCUT2D eigenvalue weighted by atomic mass is 10.1. The molecule has 0 amide bonds. The molecule has 17 N–H and O–H groups in total. The average molecular weight is 615 g/mol. The van der Waals surface area contributed by atoms with Gasteiger partial charge in [0.1, 0.15) is 30.2 Å². The molecule has 0 bridgehead atoms. The highest BCUT2D eigenvalue weighted by Crippen LogP contribution is 1.99. The number of unbranched alkanes of at least 4 members (excludes halogenated alkanes) is 1. The summed E-state index contributed by atoms with van der Waals surface area (Å²) in [5, 5.41) is 41.2. The minimum atomic E-state index is -0.933. The summed E-state index contributed by atoms with van der Waals surface area (Å²) in [7, 11) is 0. The van der Waals surface area contributed by atoms with Crippen molar-refractivity contribution in [1.29, 1.82) is 0 Å². The van der Waals surface area contributed by atoms with E-state index >= 15 is 0 Å². The van der Waals surface area contributed by atoms with Crippen LogP contribution in [0.15, 0.2) is 0 Å². The van der Waals surface area contributed by atoms with Crippen molar-refractivity contribution in [2.75, 3.05) is 6.54 Å². The van der Waals surface area contributed by atoms with Gasteiger partial charge in [0, 0.05) is 0 Å². The third-order valence-corrected chi connectivity index (χ3v) is 5.30. The smallest absolute Gasteiger partial charge is 0.320 e. The Labute approximate surface area is 249 Å². The average Bonchev–Trinajstić information content (AvgIpc) is 2.87. The molecule has 0 aliphatic rings. The first-order valence-electron chi connectivity index (χ1n) is 13.5. The maximum atomic E-state index is 10.1. The Morgan fingerprint density at radius 1 is 0.452 bits per heavy atom. The van der Waals surface area contributed by atoms with Crippen molar-refractivity contribution in [3.63, 3.8) is 0 Å². The van der Waals surface area contributed by atoms with Crippen molar-refractivity contribution in [2.24, 2.45) is 58.1 Å². The van der Waals surface area contributed by atoms with Gasteiger partial charge in [-0.25, -0.2) is 0 Å². The van der Waals surface area contributed by atoms with Gasteiger partial charge in [0.2, 0.25) is 0 Å². The Kier molecular flexibility index (Phi) is 32.8. The first-order chi connectivity index (χ1) is 18.9. The molecule has 5 unspecified atom stereocenters. The van der Waals surface area contributed by atoms with Crippen LogP contribution in [0.4, 0.5) is 0 Å². The fourth-order valence-corrected chi connectivity index (χ4v) is 1.77. The van der Waals surface area contributed by atoms with E-state index in [2.05, 4.69) is 0 Å². The first kappa shape index (κ1) is 48.8. The molecule has 252 valence electrons. The molecule has 0 radical (unpaired) electrons. The fraction of sp³-hybridized carbons (Fsp3) is 0.808. The monoisotopic (exact) mass is 614 g/mol. The van der Waals surface area contributed by atoms with Crippen LogP contribution in [0.3, 0.4) is 0 Å². The SMILES string of the molecule is CC(C)C(N)C(=O)O.CC(C)C(N)C(=O)O.CC(C)C(N)C(=O)O.CC(C)C(N)C(=O)O.NCCCCC(N)C(=O)O. The number of carbonyl (C=O) groups is 5. The van der Waals surface area contributed by atoms with Crippen LogP contribution in [0, 0.1) is 23.7 Å². The zero-order valence-electron chi connectivity index (χ0n) is 26.3. The molecule has 5 atom stereocenters. The summed E-state index contributed by atoms with van der Waals surface area (Å²) >= 11 is 0. The summed E-state index contributed by atoms with van der Waals surface area (Å²) in [6.45, 7) is 14.8. The summed E-state index contributed by atoms with van der Waals surface area (Å²) in [5.74, 6) is -4.57. The Morgan fingerprint density at radius 2 is 0.667 bits per heavy atom. The molecular weight excluding hydrogens is 556 g/mol. The number of hydrogen-bond acceptors (Lipinski definition) is 11. The lowest BCUT2D eigenvalue weighted by Crippen LogP contribution is -2.34. The maximum absolute atomic E-state index is 10.1. The molecule has 42 heavy (non-hydrogen) atoms. The van der Waals surface area contributed by atoms with Crippen LogP contribution in [0.1, 0.15) is 74.7 Å². The third kappa shape index (κ3) is 33.3. The van der Waals surface area contributed by atoms with Gasteiger partial charge in [0.25, 0.3) is 0 Å². The van der Waals surface area contributed by atoms with E-state index in [4.69, 9.17) is 59.9 Å². The molecule has 0 aliphatic heterocycles. The van der Waals surface area contributed by atoms with E-state index in [-0.39, 0.29) is 23.7 Å². The number of hydrogen-bond donors (Lipinski definition) is 11. The van der Waals surface area contributed by atoms with E-state index in [1.165, 1.54) is 0 Å². The molecule has 0 rings (SSSR count). The Bertz CT molecular complexity index is 655. The minimum Gasteiger partial charge on any atom is -0.480 e. The van der Waals surface area contributed by atoms with Crippen LogP contribution < -0.4 is 34.4 Å². The molecule has 16 nitrogen and oxygen atoms in total. The molecule has 0 heterocycles. The first-order valence-corrected chi connectivity index (χ1v) is 13.5. The van der Waals surface area contributed by atoms with Crippen LogP contribution >= 0.6 is 0 Å². The van der Waals surface area contributed by atoms with Gasteiger partial charge >= 0.3 is 29.8 Å². The Balaban J connectivity index is -0.000000136. The van der Waals surface area contributed by atoms with E-state index in [1.807, 2.05) is 0 Å². The molecule has 0 saturated heterocycles. The zero-order chi connectivity index (χ0) is 34.9. The molecule has 16 heteroatoms. The van der Waals surface area contributed by atoms with Gasteiger partial charge in [0.15, 0.2) is 0 Å². The van der Waals surface area contributed by atoms with E-state index in [0.29, 0.717) is 13.0 Å². The molecule has 0 aromatic carbocycles. The largest absolute Gasteiger partial charge is 0.480 e. The third-order valence-electron chi connectivity index (χ3n) is 5.30. The van der Waals surface area contributed by atoms with Gasteiger partial charge in [-0.1, -0.05) is 61.8 Å². The molecule has 0 fully saturated rings. The van der Waals surface area contributed by atoms with Crippen molar-refractivity contribution in [1.82, 2.24) is 0 Å². The maximum Gasteiger partial charge on any atom is 0.320 e.